The summed E-state index contributed by atoms with van der Waals surface area (Å²) in [6, 6.07) is 0. The number of hydrogen-bond donors (Lipinski definition) is 0. The van der Waals surface area contributed by atoms with Crippen LogP contribution < -0.4 is 0 Å². The molecule has 0 aliphatic carbocycles. The Balaban J connectivity index is 3.30. The summed E-state index contributed by atoms with van der Waals surface area (Å²) in [5.74, 6) is 2.51. The van der Waals surface area contributed by atoms with Gasteiger partial charge in [0.1, 0.15) is 0 Å². The van der Waals surface area contributed by atoms with Gasteiger partial charge in [-0.1, -0.05) is 27.7 Å². The van der Waals surface area contributed by atoms with E-state index in [2.05, 4.69) is 27.7 Å². The Morgan fingerprint density at radius 1 is 1.08 bits per heavy atom. The second kappa shape index (κ2) is 7.89. The van der Waals surface area contributed by atoms with Crippen molar-refractivity contribution in [3.63, 3.8) is 0 Å². The fraction of sp³-hybridized carbons (Fsp3) is 1.00. The Labute approximate surface area is 90.0 Å². The molecule has 0 saturated heterocycles. The standard InChI is InChI=1S/C10H22OS2/c1-9(2)5-7-11-13(12)8-6-10(3)4/h9-10H,5-8H2,1-4H3. The van der Waals surface area contributed by atoms with Crippen molar-refractivity contribution in [1.82, 2.24) is 0 Å². The summed E-state index contributed by atoms with van der Waals surface area (Å²) in [4.78, 5) is 0. The fourth-order valence-corrected chi connectivity index (χ4v) is 2.32. The van der Waals surface area contributed by atoms with Crippen molar-refractivity contribution in [3.05, 3.63) is 0 Å². The molecular weight excluding hydrogens is 200 g/mol. The highest BCUT2D eigenvalue weighted by Crippen LogP contribution is 2.04. The molecule has 0 aliphatic heterocycles. The van der Waals surface area contributed by atoms with Gasteiger partial charge in [-0.3, -0.25) is 0 Å². The van der Waals surface area contributed by atoms with Crippen LogP contribution in [0.4, 0.5) is 0 Å². The van der Waals surface area contributed by atoms with Gasteiger partial charge in [0.15, 0.2) is 0 Å². The molecule has 0 aromatic carbocycles. The summed E-state index contributed by atoms with van der Waals surface area (Å²) in [7, 11) is -0.224. The monoisotopic (exact) mass is 222 g/mol. The van der Waals surface area contributed by atoms with Crippen LogP contribution in [0.3, 0.4) is 0 Å². The van der Waals surface area contributed by atoms with E-state index in [1.807, 2.05) is 0 Å². The normalized spacial score (nSPS) is 14.0. The lowest BCUT2D eigenvalue weighted by molar-refractivity contribution is 0.330. The van der Waals surface area contributed by atoms with Crippen molar-refractivity contribution in [2.24, 2.45) is 11.8 Å². The van der Waals surface area contributed by atoms with Crippen LogP contribution >= 0.6 is 0 Å². The Morgan fingerprint density at radius 2 is 1.62 bits per heavy atom. The molecule has 13 heavy (non-hydrogen) atoms. The van der Waals surface area contributed by atoms with Crippen molar-refractivity contribution in [2.45, 2.75) is 40.5 Å². The van der Waals surface area contributed by atoms with Gasteiger partial charge in [-0.2, -0.15) is 0 Å². The van der Waals surface area contributed by atoms with Crippen LogP contribution in [-0.2, 0) is 25.1 Å². The molecule has 0 amide bonds. The van der Waals surface area contributed by atoms with Crippen LogP contribution in [0.15, 0.2) is 0 Å². The highest BCUT2D eigenvalue weighted by atomic mass is 32.8. The number of rotatable bonds is 7. The second-order valence-corrected chi connectivity index (χ2v) is 6.56. The molecule has 80 valence electrons. The van der Waals surface area contributed by atoms with Crippen molar-refractivity contribution in [2.75, 3.05) is 12.4 Å². The lowest BCUT2D eigenvalue weighted by Gasteiger charge is -2.09. The van der Waals surface area contributed by atoms with E-state index in [1.165, 1.54) is 6.42 Å². The number of hydrogen-bond acceptors (Lipinski definition) is 2. The third kappa shape index (κ3) is 10.5. The molecule has 0 fully saturated rings. The predicted molar refractivity (Wildman–Crippen MR) is 64.5 cm³/mol. The molecule has 0 rings (SSSR count). The molecule has 0 aromatic heterocycles. The molecule has 0 radical (unpaired) electrons. The zero-order chi connectivity index (χ0) is 10.3. The van der Waals surface area contributed by atoms with E-state index < -0.39 is 0 Å². The Hall–Kier alpha value is 0.530. The third-order valence-corrected chi connectivity index (χ3v) is 3.56. The van der Waals surface area contributed by atoms with E-state index in [4.69, 9.17) is 15.4 Å². The minimum atomic E-state index is -0.224. The Bertz CT molecular complexity index is 144. The quantitative estimate of drug-likeness (QED) is 0.654. The maximum atomic E-state index is 5.55. The largest absolute Gasteiger partial charge is 0.312 e. The summed E-state index contributed by atoms with van der Waals surface area (Å²) >= 11 is 5.21. The van der Waals surface area contributed by atoms with Gasteiger partial charge in [0.2, 0.25) is 0 Å². The smallest absolute Gasteiger partial charge is 0.0619 e. The second-order valence-electron chi connectivity index (χ2n) is 4.19. The van der Waals surface area contributed by atoms with Crippen LogP contribution in [0.25, 0.3) is 0 Å². The Morgan fingerprint density at radius 3 is 2.08 bits per heavy atom. The SMILES string of the molecule is CC(C)CCOS(=S)CCC(C)C. The van der Waals surface area contributed by atoms with E-state index in [1.54, 1.807) is 0 Å². The van der Waals surface area contributed by atoms with Gasteiger partial charge < -0.3 is 4.18 Å². The van der Waals surface area contributed by atoms with Crippen LogP contribution in [0.1, 0.15) is 40.5 Å². The maximum absolute atomic E-state index is 5.55. The zero-order valence-electron chi connectivity index (χ0n) is 9.21. The van der Waals surface area contributed by atoms with Crippen molar-refractivity contribution in [1.29, 1.82) is 0 Å². The van der Waals surface area contributed by atoms with Crippen LogP contribution in [0, 0.1) is 11.8 Å². The summed E-state index contributed by atoms with van der Waals surface area (Å²) in [6.07, 6.45) is 2.32. The van der Waals surface area contributed by atoms with E-state index >= 15 is 0 Å². The summed E-state index contributed by atoms with van der Waals surface area (Å²) < 4.78 is 5.55. The van der Waals surface area contributed by atoms with Crippen LogP contribution in [0.5, 0.6) is 0 Å². The van der Waals surface area contributed by atoms with Gasteiger partial charge in [0.25, 0.3) is 0 Å². The molecule has 1 atom stereocenters. The van der Waals surface area contributed by atoms with Gasteiger partial charge in [-0.25, -0.2) is 0 Å². The first-order chi connectivity index (χ1) is 6.02. The van der Waals surface area contributed by atoms with Gasteiger partial charge in [-0.05, 0) is 35.9 Å². The molecule has 0 heterocycles. The first-order valence-corrected chi connectivity index (χ1v) is 7.28. The first kappa shape index (κ1) is 13.5. The van der Waals surface area contributed by atoms with Crippen molar-refractivity contribution >= 4 is 20.9 Å². The minimum Gasteiger partial charge on any atom is -0.312 e. The average Bonchev–Trinajstić information content (AvgIpc) is 2.00. The van der Waals surface area contributed by atoms with E-state index in [0.29, 0.717) is 0 Å². The lowest BCUT2D eigenvalue weighted by atomic mass is 10.2. The molecule has 1 nitrogen and oxygen atoms in total. The average molecular weight is 222 g/mol. The molecule has 0 N–H and O–H groups in total. The summed E-state index contributed by atoms with van der Waals surface area (Å²) in [5.41, 5.74) is 0. The van der Waals surface area contributed by atoms with Crippen LogP contribution in [0.2, 0.25) is 0 Å². The first-order valence-electron chi connectivity index (χ1n) is 5.04. The van der Waals surface area contributed by atoms with E-state index in [9.17, 15) is 0 Å². The van der Waals surface area contributed by atoms with Crippen LogP contribution in [-0.4, -0.2) is 12.4 Å². The molecule has 1 unspecified atom stereocenters. The molecule has 0 saturated carbocycles. The van der Waals surface area contributed by atoms with Gasteiger partial charge in [0.05, 0.1) is 6.61 Å². The van der Waals surface area contributed by atoms with E-state index in [0.717, 1.165) is 30.6 Å². The highest BCUT2D eigenvalue weighted by molar-refractivity contribution is 8.26. The highest BCUT2D eigenvalue weighted by Gasteiger charge is 2.00. The molecule has 0 aliphatic rings. The predicted octanol–water partition coefficient (Wildman–Crippen LogP) is 3.09. The molecule has 0 bridgehead atoms. The molecule has 3 heteroatoms. The minimum absolute atomic E-state index is 0.224. The van der Waals surface area contributed by atoms with Gasteiger partial charge in [-0.15, -0.1) is 0 Å². The maximum Gasteiger partial charge on any atom is 0.0619 e. The molecule has 0 aromatic rings. The zero-order valence-corrected chi connectivity index (χ0v) is 10.8. The topological polar surface area (TPSA) is 9.23 Å². The summed E-state index contributed by atoms with van der Waals surface area (Å²) in [6.45, 7) is 9.70. The fourth-order valence-electron chi connectivity index (χ4n) is 0.768. The third-order valence-electron chi connectivity index (χ3n) is 1.77. The van der Waals surface area contributed by atoms with Crippen molar-refractivity contribution in [3.8, 4) is 0 Å². The summed E-state index contributed by atoms with van der Waals surface area (Å²) in [5, 5.41) is 0. The van der Waals surface area contributed by atoms with E-state index in [-0.39, 0.29) is 9.74 Å². The van der Waals surface area contributed by atoms with Gasteiger partial charge in [0, 0.05) is 15.5 Å². The molecular formula is C10H22OS2. The van der Waals surface area contributed by atoms with Crippen molar-refractivity contribution < 1.29 is 4.18 Å². The van der Waals surface area contributed by atoms with Gasteiger partial charge >= 0.3 is 0 Å². The molecule has 0 spiro atoms. The lowest BCUT2D eigenvalue weighted by Crippen LogP contribution is -2.06. The Kier molecular flexibility index (Phi) is 8.21.